The largest absolute Gasteiger partial charge is 0.490 e. The maximum Gasteiger partial charge on any atom is 0.490 e. The van der Waals surface area contributed by atoms with Gasteiger partial charge in [-0.1, -0.05) is 49.7 Å². The molecule has 0 radical (unpaired) electrons. The Morgan fingerprint density at radius 2 is 1.76 bits per heavy atom. The molecule has 0 atom stereocenters. The van der Waals surface area contributed by atoms with Crippen LogP contribution >= 0.6 is 11.6 Å². The molecule has 1 fully saturated rings. The van der Waals surface area contributed by atoms with Crippen LogP contribution < -0.4 is 11.1 Å². The molecular weight excluding hydrogens is 457 g/mol. The Bertz CT molecular complexity index is 983. The van der Waals surface area contributed by atoms with Gasteiger partial charge in [-0.05, 0) is 60.4 Å². The van der Waals surface area contributed by atoms with Gasteiger partial charge >= 0.3 is 12.1 Å². The molecular formula is C24H28ClF3N2O3. The summed E-state index contributed by atoms with van der Waals surface area (Å²) in [5.41, 5.74) is 9.34. The third kappa shape index (κ3) is 8.37. The Balaban J connectivity index is 0.000000479. The number of hydrogen-bond donors (Lipinski definition) is 3. The second kappa shape index (κ2) is 11.0. The summed E-state index contributed by atoms with van der Waals surface area (Å²) in [6.45, 7) is 5.54. The predicted octanol–water partition coefficient (Wildman–Crippen LogP) is 5.80. The Morgan fingerprint density at radius 3 is 2.27 bits per heavy atom. The van der Waals surface area contributed by atoms with Crippen molar-refractivity contribution in [1.82, 2.24) is 5.32 Å². The number of carboxylic acid groups (broad SMARTS) is 1. The zero-order valence-corrected chi connectivity index (χ0v) is 19.3. The summed E-state index contributed by atoms with van der Waals surface area (Å²) >= 11 is 6.51. The highest BCUT2D eigenvalue weighted by Crippen LogP contribution is 2.35. The van der Waals surface area contributed by atoms with Crippen molar-refractivity contribution in [3.63, 3.8) is 0 Å². The van der Waals surface area contributed by atoms with E-state index in [2.05, 4.69) is 25.2 Å². The number of amides is 1. The number of primary amides is 1. The first kappa shape index (κ1) is 26.7. The second-order valence-electron chi connectivity index (χ2n) is 8.88. The lowest BCUT2D eigenvalue weighted by Crippen LogP contribution is -2.35. The number of nitrogens with one attached hydrogen (secondary N) is 1. The van der Waals surface area contributed by atoms with Crippen LogP contribution in [0.4, 0.5) is 13.2 Å². The summed E-state index contributed by atoms with van der Waals surface area (Å²) < 4.78 is 31.7. The van der Waals surface area contributed by atoms with Crippen molar-refractivity contribution in [2.24, 2.45) is 11.1 Å². The average Bonchev–Trinajstić information content (AvgIpc) is 2.73. The normalized spacial score (nSPS) is 15.9. The maximum atomic E-state index is 11.4. The van der Waals surface area contributed by atoms with Gasteiger partial charge in [0.25, 0.3) is 0 Å². The van der Waals surface area contributed by atoms with Crippen molar-refractivity contribution >= 4 is 23.5 Å². The molecule has 0 saturated heterocycles. The molecule has 2 aromatic carbocycles. The predicted molar refractivity (Wildman–Crippen MR) is 122 cm³/mol. The monoisotopic (exact) mass is 484 g/mol. The minimum Gasteiger partial charge on any atom is -0.475 e. The third-order valence-electron chi connectivity index (χ3n) is 5.67. The van der Waals surface area contributed by atoms with Crippen LogP contribution in [0.25, 0.3) is 11.1 Å². The maximum absolute atomic E-state index is 11.4. The zero-order chi connectivity index (χ0) is 24.8. The van der Waals surface area contributed by atoms with Gasteiger partial charge in [0.05, 0.1) is 0 Å². The van der Waals surface area contributed by atoms with Crippen LogP contribution in [-0.2, 0) is 11.3 Å². The number of hydrogen-bond acceptors (Lipinski definition) is 3. The van der Waals surface area contributed by atoms with Crippen molar-refractivity contribution in [2.75, 3.05) is 0 Å². The van der Waals surface area contributed by atoms with E-state index in [9.17, 15) is 18.0 Å². The first-order valence-electron chi connectivity index (χ1n) is 10.5. The number of aliphatic carboxylic acids is 1. The highest BCUT2D eigenvalue weighted by Gasteiger charge is 2.38. The van der Waals surface area contributed by atoms with Gasteiger partial charge in [-0.25, -0.2) is 4.79 Å². The molecule has 1 saturated carbocycles. The van der Waals surface area contributed by atoms with Gasteiger partial charge in [0.2, 0.25) is 5.91 Å². The molecule has 1 aliphatic carbocycles. The number of halogens is 4. The van der Waals surface area contributed by atoms with Crippen LogP contribution in [-0.4, -0.2) is 29.2 Å². The highest BCUT2D eigenvalue weighted by molar-refractivity contribution is 6.33. The molecule has 0 bridgehead atoms. The molecule has 1 amide bonds. The molecule has 180 valence electrons. The summed E-state index contributed by atoms with van der Waals surface area (Å²) in [5, 5.41) is 11.5. The SMILES string of the molecule is CC1(C)CCC(NCc2ccc(-c3cccc(C(N)=O)c3)c(Cl)c2)CC1.O=C(O)C(F)(F)F. The van der Waals surface area contributed by atoms with E-state index in [-0.39, 0.29) is 0 Å². The molecule has 0 aliphatic heterocycles. The van der Waals surface area contributed by atoms with E-state index < -0.39 is 18.1 Å². The van der Waals surface area contributed by atoms with Gasteiger partial charge in [0.15, 0.2) is 0 Å². The molecule has 2 aromatic rings. The Labute approximate surface area is 196 Å². The lowest BCUT2D eigenvalue weighted by atomic mass is 9.75. The van der Waals surface area contributed by atoms with E-state index in [0.717, 1.165) is 17.7 Å². The quantitative estimate of drug-likeness (QED) is 0.500. The van der Waals surface area contributed by atoms with Crippen LogP contribution in [0.1, 0.15) is 55.5 Å². The van der Waals surface area contributed by atoms with Crippen molar-refractivity contribution in [2.45, 2.75) is 58.3 Å². The number of alkyl halides is 3. The van der Waals surface area contributed by atoms with Gasteiger partial charge in [0, 0.05) is 28.7 Å². The average molecular weight is 485 g/mol. The number of benzene rings is 2. The molecule has 33 heavy (non-hydrogen) atoms. The van der Waals surface area contributed by atoms with E-state index in [1.54, 1.807) is 12.1 Å². The summed E-state index contributed by atoms with van der Waals surface area (Å²) in [4.78, 5) is 20.3. The van der Waals surface area contributed by atoms with Crippen molar-refractivity contribution < 1.29 is 27.9 Å². The first-order valence-corrected chi connectivity index (χ1v) is 10.9. The number of carbonyl (C=O) groups excluding carboxylic acids is 1. The van der Waals surface area contributed by atoms with Crippen LogP contribution in [0.5, 0.6) is 0 Å². The van der Waals surface area contributed by atoms with Crippen molar-refractivity contribution in [1.29, 1.82) is 0 Å². The summed E-state index contributed by atoms with van der Waals surface area (Å²) in [6.07, 6.45) is -0.0570. The Hall–Kier alpha value is -2.58. The first-order chi connectivity index (χ1) is 15.3. The molecule has 0 heterocycles. The van der Waals surface area contributed by atoms with E-state index in [0.29, 0.717) is 22.0 Å². The fourth-order valence-electron chi connectivity index (χ4n) is 3.61. The minimum absolute atomic E-state index is 0.431. The van der Waals surface area contributed by atoms with Crippen LogP contribution in [0, 0.1) is 5.41 Å². The number of carboxylic acids is 1. The van der Waals surface area contributed by atoms with E-state index >= 15 is 0 Å². The smallest absolute Gasteiger partial charge is 0.475 e. The number of rotatable bonds is 5. The topological polar surface area (TPSA) is 92.4 Å². The standard InChI is InChI=1S/C22H27ClN2O.C2HF3O2/c1-22(2)10-8-18(9-11-22)25-14-15-6-7-19(20(23)12-15)16-4-3-5-17(13-16)21(24)26;3-2(4,5)1(6)7/h3-7,12-13,18,25H,8-11,14H2,1-2H3,(H2,24,26);(H,6,7). The summed E-state index contributed by atoms with van der Waals surface area (Å²) in [6, 6.07) is 14.0. The second-order valence-corrected chi connectivity index (χ2v) is 9.29. The van der Waals surface area contributed by atoms with E-state index in [1.165, 1.54) is 31.2 Å². The highest BCUT2D eigenvalue weighted by atomic mass is 35.5. The Morgan fingerprint density at radius 1 is 1.15 bits per heavy atom. The third-order valence-corrected chi connectivity index (χ3v) is 5.98. The molecule has 1 aliphatic rings. The van der Waals surface area contributed by atoms with Crippen molar-refractivity contribution in [3.8, 4) is 11.1 Å². The molecule has 0 aromatic heterocycles. The lowest BCUT2D eigenvalue weighted by Gasteiger charge is -2.34. The van der Waals surface area contributed by atoms with Crippen LogP contribution in [0.15, 0.2) is 42.5 Å². The molecule has 4 N–H and O–H groups in total. The molecule has 5 nitrogen and oxygen atoms in total. The molecule has 0 spiro atoms. The molecule has 3 rings (SSSR count). The number of nitrogens with two attached hydrogens (primary N) is 1. The van der Waals surface area contributed by atoms with Gasteiger partial charge in [-0.2, -0.15) is 13.2 Å². The minimum atomic E-state index is -5.08. The van der Waals surface area contributed by atoms with E-state index in [4.69, 9.17) is 27.2 Å². The Kier molecular flexibility index (Phi) is 8.91. The van der Waals surface area contributed by atoms with Gasteiger partial charge < -0.3 is 16.2 Å². The van der Waals surface area contributed by atoms with E-state index in [1.807, 2.05) is 24.3 Å². The lowest BCUT2D eigenvalue weighted by molar-refractivity contribution is -0.192. The van der Waals surface area contributed by atoms with Crippen molar-refractivity contribution in [3.05, 3.63) is 58.6 Å². The van der Waals surface area contributed by atoms with Gasteiger partial charge in [-0.3, -0.25) is 4.79 Å². The number of carbonyl (C=O) groups is 2. The summed E-state index contributed by atoms with van der Waals surface area (Å²) in [5.74, 6) is -3.19. The fourth-order valence-corrected chi connectivity index (χ4v) is 3.92. The fraction of sp³-hybridized carbons (Fsp3) is 0.417. The molecule has 0 unspecified atom stereocenters. The van der Waals surface area contributed by atoms with Crippen LogP contribution in [0.2, 0.25) is 5.02 Å². The van der Waals surface area contributed by atoms with Gasteiger partial charge in [-0.15, -0.1) is 0 Å². The zero-order valence-electron chi connectivity index (χ0n) is 18.5. The molecule has 9 heteroatoms. The van der Waals surface area contributed by atoms with Gasteiger partial charge in [0.1, 0.15) is 0 Å². The van der Waals surface area contributed by atoms with Crippen LogP contribution in [0.3, 0.4) is 0 Å². The summed E-state index contributed by atoms with van der Waals surface area (Å²) in [7, 11) is 0.